The molecule has 0 aliphatic carbocycles. The number of hydrogen-bond donors (Lipinski definition) is 1. The van der Waals surface area contributed by atoms with E-state index in [4.69, 9.17) is 28.0 Å². The van der Waals surface area contributed by atoms with Crippen LogP contribution in [-0.4, -0.2) is 8.42 Å². The van der Waals surface area contributed by atoms with Crippen molar-refractivity contribution >= 4 is 37.0 Å². The fourth-order valence-corrected chi connectivity index (χ4v) is 2.25. The van der Waals surface area contributed by atoms with Gasteiger partial charge in [0.25, 0.3) is 9.05 Å². The van der Waals surface area contributed by atoms with Crippen LogP contribution >= 0.6 is 22.3 Å². The molecule has 0 saturated heterocycles. The Balaban J connectivity index is 3.39. The highest BCUT2D eigenvalue weighted by molar-refractivity contribution is 8.13. The minimum atomic E-state index is -3.77. The molecule has 0 heterocycles. The zero-order valence-corrected chi connectivity index (χ0v) is 8.12. The third-order valence-corrected chi connectivity index (χ3v) is 3.02. The molecule has 0 aromatic heterocycles. The highest BCUT2D eigenvalue weighted by Crippen LogP contribution is 2.26. The lowest BCUT2D eigenvalue weighted by Gasteiger charge is -1.99. The van der Waals surface area contributed by atoms with Crippen LogP contribution in [0.3, 0.4) is 0 Å². The molecule has 0 fully saturated rings. The second kappa shape index (κ2) is 3.12. The molecule has 0 bridgehead atoms. The van der Waals surface area contributed by atoms with E-state index in [0.29, 0.717) is 5.69 Å². The van der Waals surface area contributed by atoms with Crippen molar-refractivity contribution in [2.75, 3.05) is 5.73 Å². The molecule has 2 N–H and O–H groups in total. The van der Waals surface area contributed by atoms with E-state index in [2.05, 4.69) is 0 Å². The third-order valence-electron chi connectivity index (χ3n) is 1.22. The van der Waals surface area contributed by atoms with Crippen LogP contribution in [0.4, 0.5) is 5.69 Å². The van der Waals surface area contributed by atoms with Crippen molar-refractivity contribution in [3.8, 4) is 0 Å². The maximum Gasteiger partial charge on any atom is 0.262 e. The van der Waals surface area contributed by atoms with Gasteiger partial charge in [0.05, 0.1) is 5.02 Å². The average molecular weight is 226 g/mol. The largest absolute Gasteiger partial charge is 0.399 e. The van der Waals surface area contributed by atoms with Gasteiger partial charge in [-0.1, -0.05) is 11.6 Å². The Labute approximate surface area is 79.5 Å². The summed E-state index contributed by atoms with van der Waals surface area (Å²) < 4.78 is 21.6. The van der Waals surface area contributed by atoms with E-state index in [1.54, 1.807) is 0 Å². The molecule has 6 heteroatoms. The minimum absolute atomic E-state index is 0.0324. The second-order valence-corrected chi connectivity index (χ2v) is 5.07. The molecular weight excluding hydrogens is 221 g/mol. The quantitative estimate of drug-likeness (QED) is 0.587. The van der Waals surface area contributed by atoms with Gasteiger partial charge in [-0.2, -0.15) is 0 Å². The van der Waals surface area contributed by atoms with Gasteiger partial charge in [-0.05, 0) is 18.2 Å². The van der Waals surface area contributed by atoms with Crippen LogP contribution in [0.25, 0.3) is 0 Å². The summed E-state index contributed by atoms with van der Waals surface area (Å²) in [5.41, 5.74) is 5.74. The van der Waals surface area contributed by atoms with E-state index < -0.39 is 9.05 Å². The van der Waals surface area contributed by atoms with Crippen molar-refractivity contribution < 1.29 is 8.42 Å². The molecule has 0 spiro atoms. The number of halogens is 2. The molecule has 1 aromatic rings. The molecule has 0 amide bonds. The summed E-state index contributed by atoms with van der Waals surface area (Å²) in [6.07, 6.45) is 0. The lowest BCUT2D eigenvalue weighted by molar-refractivity contribution is 0.609. The highest BCUT2D eigenvalue weighted by atomic mass is 35.7. The lowest BCUT2D eigenvalue weighted by Crippen LogP contribution is -1.93. The Kier molecular flexibility index (Phi) is 2.51. The van der Waals surface area contributed by atoms with Gasteiger partial charge in [-0.3, -0.25) is 0 Å². The molecule has 0 radical (unpaired) electrons. The summed E-state index contributed by atoms with van der Waals surface area (Å²) in [4.78, 5) is -0.125. The van der Waals surface area contributed by atoms with Gasteiger partial charge < -0.3 is 5.73 Å². The Morgan fingerprint density at radius 2 is 1.92 bits per heavy atom. The van der Waals surface area contributed by atoms with Gasteiger partial charge in [-0.15, -0.1) is 0 Å². The first-order valence-corrected chi connectivity index (χ1v) is 5.59. The zero-order valence-electron chi connectivity index (χ0n) is 5.79. The van der Waals surface area contributed by atoms with Crippen LogP contribution in [0.15, 0.2) is 23.1 Å². The first kappa shape index (κ1) is 9.64. The van der Waals surface area contributed by atoms with Crippen molar-refractivity contribution in [1.82, 2.24) is 0 Å². The van der Waals surface area contributed by atoms with E-state index in [1.165, 1.54) is 18.2 Å². The molecule has 12 heavy (non-hydrogen) atoms. The van der Waals surface area contributed by atoms with E-state index in [1.807, 2.05) is 0 Å². The van der Waals surface area contributed by atoms with Crippen LogP contribution in [0.2, 0.25) is 5.02 Å². The predicted octanol–water partition coefficient (Wildman–Crippen LogP) is 1.85. The summed E-state index contributed by atoms with van der Waals surface area (Å²) in [6.45, 7) is 0. The average Bonchev–Trinajstić information content (AvgIpc) is 1.83. The van der Waals surface area contributed by atoms with Crippen molar-refractivity contribution in [1.29, 1.82) is 0 Å². The smallest absolute Gasteiger partial charge is 0.262 e. The second-order valence-electron chi connectivity index (χ2n) is 2.13. The number of benzene rings is 1. The van der Waals surface area contributed by atoms with E-state index >= 15 is 0 Å². The monoisotopic (exact) mass is 225 g/mol. The van der Waals surface area contributed by atoms with Crippen molar-refractivity contribution in [2.24, 2.45) is 0 Å². The standard InChI is InChI=1S/C6H5Cl2NO2S/c7-5-3-4(9)1-2-6(5)12(8,10)11/h1-3H,9H2. The molecule has 1 aromatic carbocycles. The molecular formula is C6H5Cl2NO2S. The molecule has 0 unspecified atom stereocenters. The maximum atomic E-state index is 10.8. The van der Waals surface area contributed by atoms with Gasteiger partial charge in [0.2, 0.25) is 0 Å². The summed E-state index contributed by atoms with van der Waals surface area (Å²) in [5, 5.41) is 0.0324. The predicted molar refractivity (Wildman–Crippen MR) is 48.9 cm³/mol. The number of rotatable bonds is 1. The molecule has 0 aliphatic heterocycles. The molecule has 66 valence electrons. The van der Waals surface area contributed by atoms with E-state index in [0.717, 1.165) is 0 Å². The number of anilines is 1. The van der Waals surface area contributed by atoms with Crippen LogP contribution < -0.4 is 5.73 Å². The van der Waals surface area contributed by atoms with Crippen molar-refractivity contribution in [3.05, 3.63) is 23.2 Å². The zero-order chi connectivity index (χ0) is 9.35. The normalized spacial score (nSPS) is 11.5. The number of nitrogen functional groups attached to an aromatic ring is 1. The van der Waals surface area contributed by atoms with Gasteiger partial charge in [-0.25, -0.2) is 8.42 Å². The molecule has 0 saturated carbocycles. The molecule has 0 atom stereocenters. The Morgan fingerprint density at radius 3 is 2.33 bits per heavy atom. The van der Waals surface area contributed by atoms with E-state index in [-0.39, 0.29) is 9.92 Å². The lowest BCUT2D eigenvalue weighted by atomic mass is 10.3. The van der Waals surface area contributed by atoms with Gasteiger partial charge in [0, 0.05) is 16.4 Å². The fraction of sp³-hybridized carbons (Fsp3) is 0. The summed E-state index contributed by atoms with van der Waals surface area (Å²) in [6, 6.07) is 4.01. The number of hydrogen-bond acceptors (Lipinski definition) is 3. The summed E-state index contributed by atoms with van der Waals surface area (Å²) in [5.74, 6) is 0. The fourth-order valence-electron chi connectivity index (χ4n) is 0.715. The molecule has 3 nitrogen and oxygen atoms in total. The van der Waals surface area contributed by atoms with Crippen molar-refractivity contribution in [2.45, 2.75) is 4.90 Å². The van der Waals surface area contributed by atoms with Crippen LogP contribution in [0, 0.1) is 0 Å². The van der Waals surface area contributed by atoms with E-state index in [9.17, 15) is 8.42 Å². The Hall–Kier alpha value is -0.450. The SMILES string of the molecule is Nc1ccc(S(=O)(=O)Cl)c(Cl)c1. The Bertz CT molecular complexity index is 402. The van der Waals surface area contributed by atoms with Gasteiger partial charge in [0.1, 0.15) is 4.90 Å². The van der Waals surface area contributed by atoms with Crippen LogP contribution in [0.1, 0.15) is 0 Å². The van der Waals surface area contributed by atoms with Crippen LogP contribution in [-0.2, 0) is 9.05 Å². The minimum Gasteiger partial charge on any atom is -0.399 e. The highest BCUT2D eigenvalue weighted by Gasteiger charge is 2.13. The first-order valence-electron chi connectivity index (χ1n) is 2.91. The number of nitrogens with two attached hydrogens (primary N) is 1. The summed E-state index contributed by atoms with van der Waals surface area (Å²) in [7, 11) is 1.30. The maximum absolute atomic E-state index is 10.8. The third kappa shape index (κ3) is 2.03. The van der Waals surface area contributed by atoms with Crippen molar-refractivity contribution in [3.63, 3.8) is 0 Å². The topological polar surface area (TPSA) is 60.2 Å². The first-order chi connectivity index (χ1) is 5.41. The molecule has 0 aliphatic rings. The van der Waals surface area contributed by atoms with Gasteiger partial charge in [0.15, 0.2) is 0 Å². The van der Waals surface area contributed by atoms with Crippen LogP contribution in [0.5, 0.6) is 0 Å². The summed E-state index contributed by atoms with van der Waals surface area (Å²) >= 11 is 5.57. The van der Waals surface area contributed by atoms with Gasteiger partial charge >= 0.3 is 0 Å². The Morgan fingerprint density at radius 1 is 1.33 bits per heavy atom. The molecule has 1 rings (SSSR count).